The van der Waals surface area contributed by atoms with E-state index in [0.717, 1.165) is 0 Å². The van der Waals surface area contributed by atoms with Crippen LogP contribution in [0.1, 0.15) is 18.4 Å². The first-order valence-electron chi connectivity index (χ1n) is 7.14. The van der Waals surface area contributed by atoms with E-state index in [9.17, 15) is 18.0 Å². The Balaban J connectivity index is 1.82. The Labute approximate surface area is 144 Å². The molecule has 7 nitrogen and oxygen atoms in total. The molecule has 1 aliphatic heterocycles. The summed E-state index contributed by atoms with van der Waals surface area (Å²) in [5, 5.41) is 11.8. The Morgan fingerprint density at radius 2 is 2.17 bits per heavy atom. The number of carbonyl (C=O) groups is 2. The van der Waals surface area contributed by atoms with Crippen molar-refractivity contribution in [2.75, 3.05) is 23.4 Å². The van der Waals surface area contributed by atoms with Gasteiger partial charge in [0.25, 0.3) is 5.91 Å². The number of nitrogens with zero attached hydrogens (tertiary/aromatic N) is 1. The van der Waals surface area contributed by atoms with Gasteiger partial charge in [-0.2, -0.15) is 5.26 Å². The highest BCUT2D eigenvalue weighted by Gasteiger charge is 2.30. The summed E-state index contributed by atoms with van der Waals surface area (Å²) in [6.45, 7) is -0.518. The van der Waals surface area contributed by atoms with Crippen LogP contribution in [0, 0.1) is 17.2 Å². The summed E-state index contributed by atoms with van der Waals surface area (Å²) in [6.07, 6.45) is 0.394. The van der Waals surface area contributed by atoms with Crippen molar-refractivity contribution >= 4 is 39.0 Å². The van der Waals surface area contributed by atoms with Crippen LogP contribution in [0.25, 0.3) is 0 Å². The zero-order valence-electron chi connectivity index (χ0n) is 12.6. The molecule has 0 aromatic heterocycles. The summed E-state index contributed by atoms with van der Waals surface area (Å²) in [4.78, 5) is 23.5. The molecular weight excluding hydrogens is 356 g/mol. The summed E-state index contributed by atoms with van der Waals surface area (Å²) in [7, 11) is -3.06. The number of benzene rings is 1. The van der Waals surface area contributed by atoms with Gasteiger partial charge in [0.2, 0.25) is 0 Å². The van der Waals surface area contributed by atoms with E-state index in [-0.39, 0.29) is 35.1 Å². The van der Waals surface area contributed by atoms with Gasteiger partial charge in [0.05, 0.1) is 22.8 Å². The van der Waals surface area contributed by atoms with Crippen molar-refractivity contribution in [2.24, 2.45) is 5.92 Å². The van der Waals surface area contributed by atoms with E-state index in [2.05, 4.69) is 5.32 Å². The summed E-state index contributed by atoms with van der Waals surface area (Å²) in [6, 6.07) is 6.31. The number of nitrogens with one attached hydrogen (secondary N) is 1. The molecule has 0 bridgehead atoms. The predicted molar refractivity (Wildman–Crippen MR) is 87.1 cm³/mol. The first-order chi connectivity index (χ1) is 11.3. The van der Waals surface area contributed by atoms with Gasteiger partial charge in [-0.3, -0.25) is 9.59 Å². The zero-order chi connectivity index (χ0) is 17.7. The quantitative estimate of drug-likeness (QED) is 0.786. The maximum absolute atomic E-state index is 11.8. The van der Waals surface area contributed by atoms with Crippen LogP contribution in [-0.2, 0) is 24.2 Å². The van der Waals surface area contributed by atoms with Gasteiger partial charge in [-0.15, -0.1) is 0 Å². The van der Waals surface area contributed by atoms with E-state index >= 15 is 0 Å². The smallest absolute Gasteiger partial charge is 0.306 e. The average molecular weight is 371 g/mol. The molecule has 0 radical (unpaired) electrons. The molecular formula is C15H15ClN2O5S. The summed E-state index contributed by atoms with van der Waals surface area (Å²) >= 11 is 5.81. The number of halogens is 1. The molecule has 24 heavy (non-hydrogen) atoms. The third kappa shape index (κ3) is 5.22. The molecule has 1 saturated heterocycles. The van der Waals surface area contributed by atoms with Gasteiger partial charge in [0, 0.05) is 11.4 Å². The fourth-order valence-electron chi connectivity index (χ4n) is 2.38. The van der Waals surface area contributed by atoms with Crippen molar-refractivity contribution in [3.63, 3.8) is 0 Å². The summed E-state index contributed by atoms with van der Waals surface area (Å²) in [5.74, 6) is -1.44. The van der Waals surface area contributed by atoms with Crippen LogP contribution in [0.15, 0.2) is 18.2 Å². The molecule has 0 unspecified atom stereocenters. The second-order valence-electron chi connectivity index (χ2n) is 5.48. The minimum absolute atomic E-state index is 0.0255. The number of esters is 1. The van der Waals surface area contributed by atoms with Gasteiger partial charge >= 0.3 is 5.97 Å². The first kappa shape index (κ1) is 18.2. The lowest BCUT2D eigenvalue weighted by Crippen LogP contribution is -2.22. The summed E-state index contributed by atoms with van der Waals surface area (Å²) in [5.41, 5.74) is 0.461. The van der Waals surface area contributed by atoms with Crippen molar-refractivity contribution in [2.45, 2.75) is 12.8 Å². The Morgan fingerprint density at radius 3 is 2.79 bits per heavy atom. The number of amides is 1. The summed E-state index contributed by atoms with van der Waals surface area (Å²) < 4.78 is 27.5. The van der Waals surface area contributed by atoms with Crippen LogP contribution >= 0.6 is 11.6 Å². The van der Waals surface area contributed by atoms with Gasteiger partial charge in [-0.05, 0) is 30.5 Å². The topological polar surface area (TPSA) is 113 Å². The molecule has 0 spiro atoms. The molecule has 1 aliphatic rings. The highest BCUT2D eigenvalue weighted by molar-refractivity contribution is 7.91. The molecule has 1 N–H and O–H groups in total. The number of hydrogen-bond acceptors (Lipinski definition) is 6. The Morgan fingerprint density at radius 1 is 1.42 bits per heavy atom. The van der Waals surface area contributed by atoms with Gasteiger partial charge in [-0.1, -0.05) is 11.6 Å². The van der Waals surface area contributed by atoms with E-state index in [1.54, 1.807) is 0 Å². The standard InChI is InChI=1S/C15H15ClN2O5S/c16-12-2-1-11(7-17)13(6-12)18-14(19)8-23-15(20)5-10-3-4-24(21,22)9-10/h1-2,6,10H,3-5,8-9H2,(H,18,19)/t10-/m0/s1. The second kappa shape index (κ2) is 7.64. The van der Waals surface area contributed by atoms with Gasteiger partial charge in [-0.25, -0.2) is 8.42 Å². The number of ether oxygens (including phenoxy) is 1. The Bertz CT molecular complexity index is 801. The van der Waals surface area contributed by atoms with Crippen molar-refractivity contribution in [1.29, 1.82) is 5.26 Å². The molecule has 2 rings (SSSR count). The zero-order valence-corrected chi connectivity index (χ0v) is 14.2. The molecule has 9 heteroatoms. The maximum atomic E-state index is 11.8. The number of carbonyl (C=O) groups excluding carboxylic acids is 2. The van der Waals surface area contributed by atoms with E-state index in [0.29, 0.717) is 11.4 Å². The third-order valence-corrected chi connectivity index (χ3v) is 5.59. The van der Waals surface area contributed by atoms with Crippen molar-refractivity contribution in [3.8, 4) is 6.07 Å². The van der Waals surface area contributed by atoms with Crippen LogP contribution in [0.4, 0.5) is 5.69 Å². The van der Waals surface area contributed by atoms with Crippen LogP contribution in [0.3, 0.4) is 0 Å². The number of nitriles is 1. The first-order valence-corrected chi connectivity index (χ1v) is 9.34. The molecule has 1 aromatic carbocycles. The van der Waals surface area contributed by atoms with E-state index in [4.69, 9.17) is 21.6 Å². The number of rotatable bonds is 5. The molecule has 1 amide bonds. The number of sulfone groups is 1. The van der Waals surface area contributed by atoms with Gasteiger partial charge < -0.3 is 10.1 Å². The fraction of sp³-hybridized carbons (Fsp3) is 0.400. The van der Waals surface area contributed by atoms with E-state index in [1.807, 2.05) is 6.07 Å². The Kier molecular flexibility index (Phi) is 5.80. The average Bonchev–Trinajstić information content (AvgIpc) is 2.84. The van der Waals surface area contributed by atoms with Gasteiger partial charge in [0.1, 0.15) is 6.07 Å². The molecule has 128 valence electrons. The van der Waals surface area contributed by atoms with Crippen molar-refractivity contribution in [3.05, 3.63) is 28.8 Å². The molecule has 0 aliphatic carbocycles. The predicted octanol–water partition coefficient (Wildman–Crippen LogP) is 1.52. The largest absolute Gasteiger partial charge is 0.456 e. The second-order valence-corrected chi connectivity index (χ2v) is 8.15. The molecule has 1 atom stereocenters. The van der Waals surface area contributed by atoms with Crippen molar-refractivity contribution in [1.82, 2.24) is 0 Å². The monoisotopic (exact) mass is 370 g/mol. The normalized spacial score (nSPS) is 18.6. The highest BCUT2D eigenvalue weighted by atomic mass is 35.5. The van der Waals surface area contributed by atoms with Crippen LogP contribution < -0.4 is 5.32 Å². The number of anilines is 1. The minimum Gasteiger partial charge on any atom is -0.456 e. The molecule has 1 heterocycles. The lowest BCUT2D eigenvalue weighted by Gasteiger charge is -2.10. The van der Waals surface area contributed by atoms with Crippen LogP contribution in [0.2, 0.25) is 5.02 Å². The Hall–Kier alpha value is -2.11. The van der Waals surface area contributed by atoms with Crippen LogP contribution in [-0.4, -0.2) is 38.4 Å². The molecule has 0 saturated carbocycles. The number of hydrogen-bond donors (Lipinski definition) is 1. The van der Waals surface area contributed by atoms with Crippen molar-refractivity contribution < 1.29 is 22.7 Å². The van der Waals surface area contributed by atoms with Crippen LogP contribution in [0.5, 0.6) is 0 Å². The molecule has 1 aromatic rings. The van der Waals surface area contributed by atoms with Gasteiger partial charge in [0.15, 0.2) is 16.4 Å². The fourth-order valence-corrected chi connectivity index (χ4v) is 4.41. The SMILES string of the molecule is N#Cc1ccc(Cl)cc1NC(=O)COC(=O)C[C@@H]1CCS(=O)(=O)C1. The van der Waals surface area contributed by atoms with E-state index < -0.39 is 28.3 Å². The minimum atomic E-state index is -3.06. The van der Waals surface area contributed by atoms with E-state index in [1.165, 1.54) is 18.2 Å². The third-order valence-electron chi connectivity index (χ3n) is 3.52. The highest BCUT2D eigenvalue weighted by Crippen LogP contribution is 2.22. The maximum Gasteiger partial charge on any atom is 0.306 e. The molecule has 1 fully saturated rings. The lowest BCUT2D eigenvalue weighted by molar-refractivity contribution is -0.148. The lowest BCUT2D eigenvalue weighted by atomic mass is 10.1.